The van der Waals surface area contributed by atoms with Crippen LogP contribution in [-0.2, 0) is 11.3 Å². The predicted molar refractivity (Wildman–Crippen MR) is 123 cm³/mol. The molecule has 1 atom stereocenters. The summed E-state index contributed by atoms with van der Waals surface area (Å²) >= 11 is 1.44. The third kappa shape index (κ3) is 5.29. The van der Waals surface area contributed by atoms with Crippen LogP contribution in [-0.4, -0.2) is 52.5 Å². The zero-order valence-electron chi connectivity index (χ0n) is 18.0. The van der Waals surface area contributed by atoms with E-state index < -0.39 is 0 Å². The summed E-state index contributed by atoms with van der Waals surface area (Å²) in [6.45, 7) is 2.83. The van der Waals surface area contributed by atoms with Crippen LogP contribution in [0.25, 0.3) is 0 Å². The minimum absolute atomic E-state index is 0.0293. The molecule has 158 valence electrons. The summed E-state index contributed by atoms with van der Waals surface area (Å²) in [4.78, 5) is 16.6. The molecule has 0 bridgehead atoms. The summed E-state index contributed by atoms with van der Waals surface area (Å²) < 4.78 is 2.14. The molecule has 0 radical (unpaired) electrons. The third-order valence-electron chi connectivity index (χ3n) is 5.08. The molecular weight excluding hydrogens is 394 g/mol. The molecule has 1 heterocycles. The Balaban J connectivity index is 1.81. The molecule has 6 nitrogen and oxygen atoms in total. The lowest BCUT2D eigenvalue weighted by atomic mass is 10.2. The van der Waals surface area contributed by atoms with Crippen molar-refractivity contribution < 1.29 is 4.79 Å². The minimum Gasteiger partial charge on any atom is -0.315 e. The van der Waals surface area contributed by atoms with Crippen molar-refractivity contribution in [3.63, 3.8) is 0 Å². The van der Waals surface area contributed by atoms with E-state index in [-0.39, 0.29) is 11.9 Å². The fourth-order valence-electron chi connectivity index (χ4n) is 3.37. The number of para-hydroxylation sites is 1. The van der Waals surface area contributed by atoms with Crippen LogP contribution in [0.5, 0.6) is 0 Å². The van der Waals surface area contributed by atoms with E-state index in [4.69, 9.17) is 0 Å². The van der Waals surface area contributed by atoms with Gasteiger partial charge in [-0.15, -0.1) is 10.2 Å². The number of rotatable bonds is 9. The van der Waals surface area contributed by atoms with Crippen LogP contribution in [0.15, 0.2) is 65.8 Å². The highest BCUT2D eigenvalue weighted by atomic mass is 32.2. The van der Waals surface area contributed by atoms with Gasteiger partial charge in [-0.3, -0.25) is 9.69 Å². The molecule has 7 heteroatoms. The number of hydrogen-bond donors (Lipinski definition) is 0. The number of hydrogen-bond acceptors (Lipinski definition) is 5. The highest BCUT2D eigenvalue weighted by molar-refractivity contribution is 7.99. The fraction of sp³-hybridized carbons (Fsp3) is 0.348. The summed E-state index contributed by atoms with van der Waals surface area (Å²) in [5.41, 5.74) is 2.06. The maximum absolute atomic E-state index is 12.7. The van der Waals surface area contributed by atoms with Crippen molar-refractivity contribution in [2.24, 2.45) is 0 Å². The summed E-state index contributed by atoms with van der Waals surface area (Å²) in [7, 11) is 5.92. The lowest BCUT2D eigenvalue weighted by Gasteiger charge is -2.23. The molecule has 0 aliphatic rings. The van der Waals surface area contributed by atoms with Gasteiger partial charge in [-0.25, -0.2) is 0 Å². The van der Waals surface area contributed by atoms with Gasteiger partial charge in [0.05, 0.1) is 18.3 Å². The van der Waals surface area contributed by atoms with Gasteiger partial charge in [0.25, 0.3) is 0 Å². The van der Waals surface area contributed by atoms with Gasteiger partial charge in [-0.2, -0.15) is 0 Å². The number of carbonyl (C=O) groups is 1. The summed E-state index contributed by atoms with van der Waals surface area (Å²) in [6, 6.07) is 20.1. The minimum atomic E-state index is 0.0293. The van der Waals surface area contributed by atoms with E-state index in [1.165, 1.54) is 17.3 Å². The molecule has 30 heavy (non-hydrogen) atoms. The Labute approximate surface area is 182 Å². The number of carbonyl (C=O) groups excluding carboxylic acids is 1. The summed E-state index contributed by atoms with van der Waals surface area (Å²) in [5.74, 6) is 1.26. The molecule has 2 aromatic carbocycles. The van der Waals surface area contributed by atoms with Crippen LogP contribution in [0.3, 0.4) is 0 Å². The molecule has 0 fully saturated rings. The van der Waals surface area contributed by atoms with E-state index in [1.807, 2.05) is 48.5 Å². The Morgan fingerprint density at radius 3 is 2.23 bits per heavy atom. The highest BCUT2D eigenvalue weighted by Gasteiger charge is 2.23. The maximum Gasteiger partial charge on any atom is 0.237 e. The quantitative estimate of drug-likeness (QED) is 0.485. The molecule has 0 saturated heterocycles. The SMILES string of the molecule is CC[C@H](c1nnc(SCC(=O)N(C)c2ccccc2)n1Cc1ccccc1)N(C)C. The van der Waals surface area contributed by atoms with Crippen molar-refractivity contribution >= 4 is 23.4 Å². The van der Waals surface area contributed by atoms with Crippen molar-refractivity contribution in [3.05, 3.63) is 72.1 Å². The first-order valence-corrected chi connectivity index (χ1v) is 11.1. The Bertz CT molecular complexity index is 943. The summed E-state index contributed by atoms with van der Waals surface area (Å²) in [5, 5.41) is 9.72. The van der Waals surface area contributed by atoms with Crippen molar-refractivity contribution in [3.8, 4) is 0 Å². The molecule has 0 aliphatic heterocycles. The van der Waals surface area contributed by atoms with E-state index >= 15 is 0 Å². The standard InChI is InChI=1S/C23H29N5OS/c1-5-20(26(2)3)22-24-25-23(28(22)16-18-12-8-6-9-13-18)30-17-21(29)27(4)19-14-10-7-11-15-19/h6-15,20H,5,16-17H2,1-4H3/t20-/m1/s1. The monoisotopic (exact) mass is 423 g/mol. The first-order valence-electron chi connectivity index (χ1n) is 10.1. The average Bonchev–Trinajstić information content (AvgIpc) is 3.15. The van der Waals surface area contributed by atoms with E-state index in [2.05, 4.69) is 52.8 Å². The van der Waals surface area contributed by atoms with E-state index in [1.54, 1.807) is 11.9 Å². The van der Waals surface area contributed by atoms with Gasteiger partial charge in [0, 0.05) is 12.7 Å². The molecule has 0 unspecified atom stereocenters. The maximum atomic E-state index is 12.7. The van der Waals surface area contributed by atoms with Crippen LogP contribution < -0.4 is 4.90 Å². The fourth-order valence-corrected chi connectivity index (χ4v) is 4.22. The lowest BCUT2D eigenvalue weighted by Crippen LogP contribution is -2.28. The van der Waals surface area contributed by atoms with E-state index in [9.17, 15) is 4.79 Å². The number of thioether (sulfide) groups is 1. The van der Waals surface area contributed by atoms with Crippen LogP contribution in [0.4, 0.5) is 5.69 Å². The topological polar surface area (TPSA) is 54.3 Å². The molecule has 0 saturated carbocycles. The van der Waals surface area contributed by atoms with Gasteiger partial charge in [0.2, 0.25) is 5.91 Å². The molecule has 0 N–H and O–H groups in total. The zero-order valence-corrected chi connectivity index (χ0v) is 18.8. The van der Waals surface area contributed by atoms with Crippen LogP contribution in [0, 0.1) is 0 Å². The average molecular weight is 424 g/mol. The normalized spacial score (nSPS) is 12.2. The van der Waals surface area contributed by atoms with E-state index in [0.717, 1.165) is 23.1 Å². The largest absolute Gasteiger partial charge is 0.315 e. The second-order valence-corrected chi connectivity index (χ2v) is 8.32. The van der Waals surface area contributed by atoms with Crippen LogP contribution >= 0.6 is 11.8 Å². The van der Waals surface area contributed by atoms with Gasteiger partial charge in [0.15, 0.2) is 11.0 Å². The number of nitrogens with zero attached hydrogens (tertiary/aromatic N) is 5. The molecule has 3 rings (SSSR count). The second kappa shape index (κ2) is 10.4. The Hall–Kier alpha value is -2.64. The lowest BCUT2D eigenvalue weighted by molar-refractivity contribution is -0.115. The molecule has 0 spiro atoms. The molecule has 0 aliphatic carbocycles. The number of anilines is 1. The van der Waals surface area contributed by atoms with Crippen LogP contribution in [0.1, 0.15) is 30.8 Å². The number of amides is 1. The van der Waals surface area contributed by atoms with Crippen LogP contribution in [0.2, 0.25) is 0 Å². The van der Waals surface area contributed by atoms with Crippen molar-refractivity contribution in [1.82, 2.24) is 19.7 Å². The predicted octanol–water partition coefficient (Wildman–Crippen LogP) is 4.09. The first kappa shape index (κ1) is 22.1. The zero-order chi connectivity index (χ0) is 21.5. The van der Waals surface area contributed by atoms with Gasteiger partial charge >= 0.3 is 0 Å². The Morgan fingerprint density at radius 1 is 1.00 bits per heavy atom. The molecule has 3 aromatic rings. The van der Waals surface area contributed by atoms with Gasteiger partial charge in [-0.1, -0.05) is 67.2 Å². The highest BCUT2D eigenvalue weighted by Crippen LogP contribution is 2.26. The van der Waals surface area contributed by atoms with Gasteiger partial charge in [0.1, 0.15) is 0 Å². The molecular formula is C23H29N5OS. The molecule has 1 aromatic heterocycles. The number of aromatic nitrogens is 3. The Kier molecular flexibility index (Phi) is 7.65. The summed E-state index contributed by atoms with van der Waals surface area (Å²) in [6.07, 6.45) is 0.931. The van der Waals surface area contributed by atoms with Gasteiger partial charge < -0.3 is 9.47 Å². The van der Waals surface area contributed by atoms with Crippen molar-refractivity contribution in [2.45, 2.75) is 31.1 Å². The Morgan fingerprint density at radius 2 is 1.63 bits per heavy atom. The van der Waals surface area contributed by atoms with Gasteiger partial charge in [-0.05, 0) is 38.2 Å². The molecule has 1 amide bonds. The smallest absolute Gasteiger partial charge is 0.237 e. The van der Waals surface area contributed by atoms with Crippen molar-refractivity contribution in [1.29, 1.82) is 0 Å². The third-order valence-corrected chi connectivity index (χ3v) is 6.03. The first-order chi connectivity index (χ1) is 14.5. The number of benzene rings is 2. The second-order valence-electron chi connectivity index (χ2n) is 7.38. The van der Waals surface area contributed by atoms with Crippen molar-refractivity contribution in [2.75, 3.05) is 31.8 Å². The van der Waals surface area contributed by atoms with E-state index in [0.29, 0.717) is 12.3 Å².